The molecule has 1 aromatic carbocycles. The molecular weight excluding hydrogens is 351 g/mol. The molecule has 1 atom stereocenters. The maximum Gasteiger partial charge on any atom is 0.573 e. The monoisotopic (exact) mass is 367 g/mol. The fraction of sp³-hybridized carbons (Fsp3) is 0.353. The van der Waals surface area contributed by atoms with Crippen LogP contribution in [0.5, 0.6) is 11.6 Å². The lowest BCUT2D eigenvalue weighted by molar-refractivity contribution is -0.274. The van der Waals surface area contributed by atoms with Crippen molar-refractivity contribution in [2.75, 3.05) is 13.1 Å². The number of hydrogen-bond donors (Lipinski definition) is 0. The molecule has 0 bridgehead atoms. The molecule has 2 aromatic rings. The second-order valence-electron chi connectivity index (χ2n) is 5.75. The Morgan fingerprint density at radius 3 is 2.62 bits per heavy atom. The SMILES string of the molecule is O=C(c1ccc(OC(F)(F)F)cc1)N1CCCC(Oc2cnccn2)C1. The molecule has 1 amide bonds. The predicted octanol–water partition coefficient (Wildman–Crippen LogP) is 3.06. The van der Waals surface area contributed by atoms with E-state index in [0.29, 0.717) is 24.5 Å². The predicted molar refractivity (Wildman–Crippen MR) is 84.7 cm³/mol. The van der Waals surface area contributed by atoms with Gasteiger partial charge in [-0.25, -0.2) is 4.98 Å². The summed E-state index contributed by atoms with van der Waals surface area (Å²) in [5.41, 5.74) is 0.291. The van der Waals surface area contributed by atoms with Gasteiger partial charge in [-0.05, 0) is 37.1 Å². The number of carbonyl (C=O) groups excluding carboxylic acids is 1. The largest absolute Gasteiger partial charge is 0.573 e. The lowest BCUT2D eigenvalue weighted by Crippen LogP contribution is -2.44. The van der Waals surface area contributed by atoms with Gasteiger partial charge in [-0.1, -0.05) is 0 Å². The van der Waals surface area contributed by atoms with E-state index in [1.54, 1.807) is 4.90 Å². The Bertz CT molecular complexity index is 738. The number of alkyl halides is 3. The van der Waals surface area contributed by atoms with Crippen molar-refractivity contribution in [3.8, 4) is 11.6 Å². The highest BCUT2D eigenvalue weighted by Gasteiger charge is 2.31. The number of likely N-dealkylation sites (tertiary alicyclic amines) is 1. The van der Waals surface area contributed by atoms with Crippen LogP contribution in [0, 0.1) is 0 Å². The maximum atomic E-state index is 12.6. The first-order valence-corrected chi connectivity index (χ1v) is 7.98. The second-order valence-corrected chi connectivity index (χ2v) is 5.75. The summed E-state index contributed by atoms with van der Waals surface area (Å²) in [7, 11) is 0. The van der Waals surface area contributed by atoms with Gasteiger partial charge in [0.05, 0.1) is 12.7 Å². The second kappa shape index (κ2) is 7.59. The Labute approximate surface area is 147 Å². The molecule has 2 heterocycles. The van der Waals surface area contributed by atoms with E-state index >= 15 is 0 Å². The van der Waals surface area contributed by atoms with Crippen LogP contribution >= 0.6 is 0 Å². The molecule has 0 saturated carbocycles. The molecule has 6 nitrogen and oxygen atoms in total. The van der Waals surface area contributed by atoms with Crippen molar-refractivity contribution in [3.05, 3.63) is 48.4 Å². The number of hydrogen-bond acceptors (Lipinski definition) is 5. The van der Waals surface area contributed by atoms with E-state index in [4.69, 9.17) is 4.74 Å². The van der Waals surface area contributed by atoms with Gasteiger partial charge in [0.25, 0.3) is 5.91 Å². The van der Waals surface area contributed by atoms with Crippen LogP contribution in [0.3, 0.4) is 0 Å². The van der Waals surface area contributed by atoms with Crippen molar-refractivity contribution in [2.24, 2.45) is 0 Å². The third-order valence-electron chi connectivity index (χ3n) is 3.83. The van der Waals surface area contributed by atoms with Crippen molar-refractivity contribution in [3.63, 3.8) is 0 Å². The van der Waals surface area contributed by atoms with Gasteiger partial charge in [0.1, 0.15) is 11.9 Å². The molecule has 1 unspecified atom stereocenters. The molecule has 0 N–H and O–H groups in total. The third kappa shape index (κ3) is 4.84. The summed E-state index contributed by atoms with van der Waals surface area (Å²) in [6.07, 6.45) is 1.12. The minimum atomic E-state index is -4.76. The number of ether oxygens (including phenoxy) is 2. The highest BCUT2D eigenvalue weighted by atomic mass is 19.4. The van der Waals surface area contributed by atoms with Crippen LogP contribution in [0.4, 0.5) is 13.2 Å². The molecular formula is C17H16F3N3O3. The van der Waals surface area contributed by atoms with E-state index in [-0.39, 0.29) is 17.8 Å². The van der Waals surface area contributed by atoms with Crippen LogP contribution in [-0.4, -0.2) is 46.3 Å². The number of amides is 1. The van der Waals surface area contributed by atoms with E-state index in [2.05, 4.69) is 14.7 Å². The number of carbonyl (C=O) groups is 1. The Morgan fingerprint density at radius 2 is 1.96 bits per heavy atom. The summed E-state index contributed by atoms with van der Waals surface area (Å²) < 4.78 is 46.1. The van der Waals surface area contributed by atoms with Gasteiger partial charge in [-0.15, -0.1) is 13.2 Å². The van der Waals surface area contributed by atoms with Crippen LogP contribution < -0.4 is 9.47 Å². The number of nitrogens with zero attached hydrogens (tertiary/aromatic N) is 3. The minimum absolute atomic E-state index is 0.211. The van der Waals surface area contributed by atoms with E-state index in [9.17, 15) is 18.0 Å². The van der Waals surface area contributed by atoms with Gasteiger partial charge < -0.3 is 14.4 Å². The zero-order valence-corrected chi connectivity index (χ0v) is 13.6. The highest BCUT2D eigenvalue weighted by molar-refractivity contribution is 5.94. The number of halogens is 3. The first kappa shape index (κ1) is 18.0. The fourth-order valence-corrected chi connectivity index (χ4v) is 2.72. The van der Waals surface area contributed by atoms with Crippen molar-refractivity contribution in [1.82, 2.24) is 14.9 Å². The van der Waals surface area contributed by atoms with Crippen LogP contribution in [0.25, 0.3) is 0 Å². The zero-order valence-electron chi connectivity index (χ0n) is 13.6. The van der Waals surface area contributed by atoms with Crippen molar-refractivity contribution < 1.29 is 27.4 Å². The Balaban J connectivity index is 1.62. The van der Waals surface area contributed by atoms with E-state index in [1.165, 1.54) is 30.7 Å². The molecule has 3 rings (SSSR count). The van der Waals surface area contributed by atoms with Crippen LogP contribution in [-0.2, 0) is 0 Å². The van der Waals surface area contributed by atoms with Crippen LogP contribution in [0.15, 0.2) is 42.9 Å². The fourth-order valence-electron chi connectivity index (χ4n) is 2.72. The Morgan fingerprint density at radius 1 is 1.19 bits per heavy atom. The standard InChI is InChI=1S/C17H16F3N3O3/c18-17(19,20)26-13-5-3-12(4-6-13)16(24)23-9-1-2-14(11-23)25-15-10-21-7-8-22-15/h3-8,10,14H,1-2,9,11H2. The molecule has 1 aromatic heterocycles. The van der Waals surface area contributed by atoms with Gasteiger partial charge in [-0.3, -0.25) is 9.78 Å². The summed E-state index contributed by atoms with van der Waals surface area (Å²) in [6, 6.07) is 4.88. The van der Waals surface area contributed by atoms with E-state index in [1.807, 2.05) is 0 Å². The minimum Gasteiger partial charge on any atom is -0.471 e. The van der Waals surface area contributed by atoms with Gasteiger partial charge in [-0.2, -0.15) is 0 Å². The normalized spacial score (nSPS) is 17.7. The summed E-state index contributed by atoms with van der Waals surface area (Å²) >= 11 is 0. The van der Waals surface area contributed by atoms with Crippen molar-refractivity contribution in [2.45, 2.75) is 25.3 Å². The molecule has 138 valence electrons. The van der Waals surface area contributed by atoms with Gasteiger partial charge in [0, 0.05) is 24.5 Å². The summed E-state index contributed by atoms with van der Waals surface area (Å²) in [4.78, 5) is 22.2. The first-order chi connectivity index (χ1) is 12.4. The molecule has 26 heavy (non-hydrogen) atoms. The molecule has 1 aliphatic heterocycles. The molecule has 1 fully saturated rings. The molecule has 9 heteroatoms. The quantitative estimate of drug-likeness (QED) is 0.831. The van der Waals surface area contributed by atoms with Crippen LogP contribution in [0.2, 0.25) is 0 Å². The Kier molecular flexibility index (Phi) is 5.24. The van der Waals surface area contributed by atoms with Gasteiger partial charge >= 0.3 is 6.36 Å². The van der Waals surface area contributed by atoms with E-state index in [0.717, 1.165) is 25.0 Å². The van der Waals surface area contributed by atoms with Gasteiger partial charge in [0.2, 0.25) is 5.88 Å². The number of piperidine rings is 1. The molecule has 0 radical (unpaired) electrons. The van der Waals surface area contributed by atoms with Crippen molar-refractivity contribution >= 4 is 5.91 Å². The smallest absolute Gasteiger partial charge is 0.471 e. The summed E-state index contributed by atoms with van der Waals surface area (Å²) in [5, 5.41) is 0. The molecule has 0 spiro atoms. The lowest BCUT2D eigenvalue weighted by atomic mass is 10.1. The number of rotatable bonds is 4. The lowest BCUT2D eigenvalue weighted by Gasteiger charge is -2.32. The first-order valence-electron chi connectivity index (χ1n) is 7.98. The van der Waals surface area contributed by atoms with E-state index < -0.39 is 6.36 Å². The number of benzene rings is 1. The van der Waals surface area contributed by atoms with Gasteiger partial charge in [0.15, 0.2) is 0 Å². The Hall–Kier alpha value is -2.84. The highest BCUT2D eigenvalue weighted by Crippen LogP contribution is 2.24. The van der Waals surface area contributed by atoms with Crippen LogP contribution in [0.1, 0.15) is 23.2 Å². The van der Waals surface area contributed by atoms with Crippen molar-refractivity contribution in [1.29, 1.82) is 0 Å². The molecule has 0 aliphatic carbocycles. The summed E-state index contributed by atoms with van der Waals surface area (Å²) in [6.45, 7) is 0.927. The topological polar surface area (TPSA) is 64.5 Å². The summed E-state index contributed by atoms with van der Waals surface area (Å²) in [5.74, 6) is -0.243. The average molecular weight is 367 g/mol. The molecule has 1 aliphatic rings. The average Bonchev–Trinajstić information content (AvgIpc) is 2.61. The number of aromatic nitrogens is 2. The maximum absolute atomic E-state index is 12.6. The third-order valence-corrected chi connectivity index (χ3v) is 3.83. The molecule has 1 saturated heterocycles. The zero-order chi connectivity index (χ0) is 18.6.